The van der Waals surface area contributed by atoms with E-state index in [0.717, 1.165) is 19.4 Å². The van der Waals surface area contributed by atoms with Crippen molar-refractivity contribution in [2.45, 2.75) is 26.3 Å². The lowest BCUT2D eigenvalue weighted by Crippen LogP contribution is -2.43. The molecule has 1 aromatic rings. The molecule has 1 saturated heterocycles. The first-order valence-electron chi connectivity index (χ1n) is 7.25. The summed E-state index contributed by atoms with van der Waals surface area (Å²) in [7, 11) is 0. The number of nitro benzene ring substituents is 1. The van der Waals surface area contributed by atoms with Gasteiger partial charge in [-0.25, -0.2) is 0 Å². The van der Waals surface area contributed by atoms with Crippen molar-refractivity contribution in [1.82, 2.24) is 4.90 Å². The molecule has 0 bridgehead atoms. The Hall–Kier alpha value is -1.99. The number of nitrogens with two attached hydrogens (primary N) is 1. The standard InChI is InChI=1S/C15H21N3O4/c1-15(10-19)5-2-6-17(9-15)8-12-4-3-11(14(16)20)7-13(12)18(21)22/h3-4,7,19H,2,5-6,8-10H2,1H3,(H2,16,20). The van der Waals surface area contributed by atoms with Gasteiger partial charge in [0.15, 0.2) is 0 Å². The Morgan fingerprint density at radius 1 is 1.55 bits per heavy atom. The zero-order valence-electron chi connectivity index (χ0n) is 12.6. The van der Waals surface area contributed by atoms with E-state index in [-0.39, 0.29) is 23.3 Å². The molecular weight excluding hydrogens is 286 g/mol. The number of aliphatic hydroxyl groups is 1. The predicted molar refractivity (Wildman–Crippen MR) is 81.3 cm³/mol. The van der Waals surface area contributed by atoms with Crippen LogP contribution in [0.1, 0.15) is 35.7 Å². The van der Waals surface area contributed by atoms with E-state index >= 15 is 0 Å². The first-order valence-corrected chi connectivity index (χ1v) is 7.25. The molecule has 0 saturated carbocycles. The van der Waals surface area contributed by atoms with E-state index in [0.29, 0.717) is 18.7 Å². The first-order chi connectivity index (χ1) is 10.3. The van der Waals surface area contributed by atoms with Crippen LogP contribution in [0, 0.1) is 15.5 Å². The van der Waals surface area contributed by atoms with Gasteiger partial charge in [-0.3, -0.25) is 19.8 Å². The zero-order valence-corrected chi connectivity index (χ0v) is 12.6. The Morgan fingerprint density at radius 2 is 2.27 bits per heavy atom. The van der Waals surface area contributed by atoms with Crippen molar-refractivity contribution in [2.24, 2.45) is 11.1 Å². The molecule has 22 heavy (non-hydrogen) atoms. The van der Waals surface area contributed by atoms with Gasteiger partial charge in [0.1, 0.15) is 0 Å². The number of primary amides is 1. The highest BCUT2D eigenvalue weighted by molar-refractivity contribution is 5.93. The van der Waals surface area contributed by atoms with Gasteiger partial charge in [0.25, 0.3) is 5.69 Å². The highest BCUT2D eigenvalue weighted by atomic mass is 16.6. The molecule has 1 heterocycles. The van der Waals surface area contributed by atoms with Crippen molar-refractivity contribution in [3.8, 4) is 0 Å². The lowest BCUT2D eigenvalue weighted by molar-refractivity contribution is -0.385. The molecule has 0 radical (unpaired) electrons. The van der Waals surface area contributed by atoms with E-state index in [1.54, 1.807) is 6.07 Å². The quantitative estimate of drug-likeness (QED) is 0.629. The van der Waals surface area contributed by atoms with Crippen molar-refractivity contribution < 1.29 is 14.8 Å². The molecule has 1 fully saturated rings. The van der Waals surface area contributed by atoms with Crippen LogP contribution in [0.5, 0.6) is 0 Å². The van der Waals surface area contributed by atoms with E-state index in [1.165, 1.54) is 12.1 Å². The summed E-state index contributed by atoms with van der Waals surface area (Å²) in [6.45, 7) is 4.07. The van der Waals surface area contributed by atoms with Crippen LogP contribution in [0.4, 0.5) is 5.69 Å². The zero-order chi connectivity index (χ0) is 16.3. The Kier molecular flexibility index (Phi) is 4.77. The molecule has 1 aliphatic rings. The molecule has 3 N–H and O–H groups in total. The number of likely N-dealkylation sites (tertiary alicyclic amines) is 1. The summed E-state index contributed by atoms with van der Waals surface area (Å²) in [4.78, 5) is 24.0. The van der Waals surface area contributed by atoms with Gasteiger partial charge < -0.3 is 10.8 Å². The summed E-state index contributed by atoms with van der Waals surface area (Å²) in [6, 6.07) is 4.33. The van der Waals surface area contributed by atoms with E-state index in [1.807, 2.05) is 6.92 Å². The van der Waals surface area contributed by atoms with Gasteiger partial charge in [-0.2, -0.15) is 0 Å². The van der Waals surface area contributed by atoms with Crippen molar-refractivity contribution in [3.05, 3.63) is 39.4 Å². The van der Waals surface area contributed by atoms with Gasteiger partial charge in [-0.1, -0.05) is 13.0 Å². The monoisotopic (exact) mass is 307 g/mol. The van der Waals surface area contributed by atoms with Crippen LogP contribution in [-0.4, -0.2) is 40.5 Å². The van der Waals surface area contributed by atoms with E-state index in [9.17, 15) is 20.0 Å². The van der Waals surface area contributed by atoms with E-state index < -0.39 is 10.8 Å². The van der Waals surface area contributed by atoms with Crippen LogP contribution in [0.15, 0.2) is 18.2 Å². The van der Waals surface area contributed by atoms with Gasteiger partial charge in [-0.15, -0.1) is 0 Å². The molecule has 2 rings (SSSR count). The minimum atomic E-state index is -0.680. The van der Waals surface area contributed by atoms with Gasteiger partial charge >= 0.3 is 0 Å². The number of piperidine rings is 1. The van der Waals surface area contributed by atoms with Crippen molar-refractivity contribution in [2.75, 3.05) is 19.7 Å². The average molecular weight is 307 g/mol. The third kappa shape index (κ3) is 3.61. The lowest BCUT2D eigenvalue weighted by atomic mass is 9.82. The second-order valence-corrected chi connectivity index (χ2v) is 6.25. The van der Waals surface area contributed by atoms with Crippen LogP contribution in [0.25, 0.3) is 0 Å². The molecule has 1 atom stereocenters. The highest BCUT2D eigenvalue weighted by Gasteiger charge is 2.31. The Labute approximate surface area is 128 Å². The van der Waals surface area contributed by atoms with Crippen LogP contribution in [0.3, 0.4) is 0 Å². The summed E-state index contributed by atoms with van der Waals surface area (Å²) >= 11 is 0. The summed E-state index contributed by atoms with van der Waals surface area (Å²) in [5.74, 6) is -0.680. The average Bonchev–Trinajstić information content (AvgIpc) is 2.47. The largest absolute Gasteiger partial charge is 0.396 e. The molecule has 1 aromatic carbocycles. The molecule has 120 valence electrons. The van der Waals surface area contributed by atoms with Crippen LogP contribution in [-0.2, 0) is 6.54 Å². The third-order valence-corrected chi connectivity index (χ3v) is 4.20. The number of aliphatic hydroxyl groups excluding tert-OH is 1. The Morgan fingerprint density at radius 3 is 2.86 bits per heavy atom. The molecule has 7 heteroatoms. The van der Waals surface area contributed by atoms with E-state index in [2.05, 4.69) is 4.90 Å². The Balaban J connectivity index is 2.22. The van der Waals surface area contributed by atoms with Crippen molar-refractivity contribution in [3.63, 3.8) is 0 Å². The van der Waals surface area contributed by atoms with Crippen LogP contribution in [0.2, 0.25) is 0 Å². The second kappa shape index (κ2) is 6.41. The number of nitrogens with zero attached hydrogens (tertiary/aromatic N) is 2. The number of amides is 1. The third-order valence-electron chi connectivity index (χ3n) is 4.20. The van der Waals surface area contributed by atoms with Crippen LogP contribution < -0.4 is 5.73 Å². The highest BCUT2D eigenvalue weighted by Crippen LogP contribution is 2.31. The van der Waals surface area contributed by atoms with Crippen molar-refractivity contribution in [1.29, 1.82) is 0 Å². The fourth-order valence-corrected chi connectivity index (χ4v) is 2.95. The molecule has 1 unspecified atom stereocenters. The second-order valence-electron chi connectivity index (χ2n) is 6.25. The maximum absolute atomic E-state index is 11.2. The van der Waals surface area contributed by atoms with Gasteiger partial charge in [-0.05, 0) is 25.5 Å². The van der Waals surface area contributed by atoms with Gasteiger partial charge in [0.05, 0.1) is 4.92 Å². The molecule has 0 aromatic heterocycles. The molecule has 1 amide bonds. The topological polar surface area (TPSA) is 110 Å². The minimum absolute atomic E-state index is 0.0902. The molecular formula is C15H21N3O4. The number of rotatable bonds is 5. The fourth-order valence-electron chi connectivity index (χ4n) is 2.95. The summed E-state index contributed by atoms with van der Waals surface area (Å²) in [5.41, 5.74) is 5.60. The number of nitro groups is 1. The normalized spacial score (nSPS) is 22.5. The molecule has 0 aliphatic carbocycles. The fraction of sp³-hybridized carbons (Fsp3) is 0.533. The number of hydrogen-bond donors (Lipinski definition) is 2. The summed E-state index contributed by atoms with van der Waals surface area (Å²) in [6.07, 6.45) is 1.90. The van der Waals surface area contributed by atoms with E-state index in [4.69, 9.17) is 5.73 Å². The minimum Gasteiger partial charge on any atom is -0.396 e. The number of benzene rings is 1. The Bertz CT molecular complexity index is 590. The van der Waals surface area contributed by atoms with Gasteiger partial charge in [0.2, 0.25) is 5.91 Å². The molecule has 7 nitrogen and oxygen atoms in total. The SMILES string of the molecule is CC1(CO)CCCN(Cc2ccc(C(N)=O)cc2[N+](=O)[O-])C1. The van der Waals surface area contributed by atoms with Crippen LogP contribution >= 0.6 is 0 Å². The smallest absolute Gasteiger partial charge is 0.274 e. The first kappa shape index (κ1) is 16.4. The number of hydrogen-bond acceptors (Lipinski definition) is 5. The summed E-state index contributed by atoms with van der Waals surface area (Å²) < 4.78 is 0. The van der Waals surface area contributed by atoms with Gasteiger partial charge in [0, 0.05) is 42.3 Å². The maximum atomic E-state index is 11.2. The number of carbonyl (C=O) groups excluding carboxylic acids is 1. The lowest BCUT2D eigenvalue weighted by Gasteiger charge is -2.39. The predicted octanol–water partition coefficient (Wildman–Crippen LogP) is 1.29. The molecule has 0 spiro atoms. The molecule has 1 aliphatic heterocycles. The maximum Gasteiger partial charge on any atom is 0.274 e. The number of carbonyl (C=O) groups is 1. The summed E-state index contributed by atoms with van der Waals surface area (Å²) in [5, 5.41) is 20.7. The van der Waals surface area contributed by atoms with Crippen molar-refractivity contribution >= 4 is 11.6 Å².